The lowest BCUT2D eigenvalue weighted by Gasteiger charge is -2.26. The molecule has 6 amide bonds. The van der Waals surface area contributed by atoms with Gasteiger partial charge in [-0.15, -0.1) is 0 Å². The molecule has 5 rings (SSSR count). The third-order valence-electron chi connectivity index (χ3n) is 8.61. The smallest absolute Gasteiger partial charge is 0.256 e. The molecule has 1 fully saturated rings. The van der Waals surface area contributed by atoms with Crippen molar-refractivity contribution in [3.8, 4) is 5.75 Å². The molecule has 1 aliphatic heterocycles. The van der Waals surface area contributed by atoms with E-state index >= 15 is 0 Å². The minimum absolute atomic E-state index is 0.00194. The molecule has 0 unspecified atom stereocenters. The van der Waals surface area contributed by atoms with Gasteiger partial charge >= 0.3 is 0 Å². The zero-order valence-corrected chi connectivity index (χ0v) is 27.8. The molecule has 18 nitrogen and oxygen atoms in total. The van der Waals surface area contributed by atoms with E-state index in [0.717, 1.165) is 10.9 Å². The Hall–Kier alpha value is -6.27. The monoisotopic (exact) mass is 716 g/mol. The van der Waals surface area contributed by atoms with Crippen LogP contribution in [0.25, 0.3) is 10.9 Å². The second-order valence-electron chi connectivity index (χ2n) is 12.3. The Morgan fingerprint density at radius 3 is 2.12 bits per heavy atom. The van der Waals surface area contributed by atoms with Gasteiger partial charge in [0.15, 0.2) is 0 Å². The first-order valence-electron chi connectivity index (χ1n) is 16.5. The molecule has 0 spiro atoms. The summed E-state index contributed by atoms with van der Waals surface area (Å²) in [6.45, 7) is -0.869. The lowest BCUT2D eigenvalue weighted by Crippen LogP contribution is -2.60. The van der Waals surface area contributed by atoms with Crippen LogP contribution in [0.1, 0.15) is 29.7 Å². The van der Waals surface area contributed by atoms with E-state index < -0.39 is 66.4 Å². The molecule has 0 saturated carbocycles. The number of hydrogen-bond acceptors (Lipinski definition) is 10. The molecular weight excluding hydrogens is 676 g/mol. The minimum Gasteiger partial charge on any atom is -0.508 e. The highest BCUT2D eigenvalue weighted by molar-refractivity contribution is 5.97. The second kappa shape index (κ2) is 17.1. The third kappa shape index (κ3) is 9.49. The van der Waals surface area contributed by atoms with E-state index in [9.17, 15) is 39.0 Å². The van der Waals surface area contributed by atoms with Gasteiger partial charge in [-0.25, -0.2) is 10.8 Å². The fraction of sp³-hybridized carbons (Fsp3) is 0.324. The summed E-state index contributed by atoms with van der Waals surface area (Å²) < 4.78 is 0. The molecule has 274 valence electrons. The molecule has 2 aromatic carbocycles. The highest BCUT2D eigenvalue weighted by Crippen LogP contribution is 2.20. The lowest BCUT2D eigenvalue weighted by molar-refractivity contribution is -0.135. The normalized spacial score (nSPS) is 16.2. The van der Waals surface area contributed by atoms with Crippen molar-refractivity contribution in [1.29, 1.82) is 0 Å². The van der Waals surface area contributed by atoms with Crippen LogP contribution in [0.4, 0.5) is 0 Å². The number of nitrogens with one attached hydrogen (secondary N) is 8. The van der Waals surface area contributed by atoms with Gasteiger partial charge in [-0.2, -0.15) is 0 Å². The van der Waals surface area contributed by atoms with E-state index in [1.54, 1.807) is 24.5 Å². The predicted molar refractivity (Wildman–Crippen MR) is 184 cm³/mol. The fourth-order valence-corrected chi connectivity index (χ4v) is 5.82. The molecule has 0 bridgehead atoms. The molecule has 0 radical (unpaired) electrons. The summed E-state index contributed by atoms with van der Waals surface area (Å²) in [5.41, 5.74) is 4.41. The standard InChI is InChI=1S/C34H40N10O8/c35-44-34(52)25(11-18-5-7-21(46)8-6-18)40-33(51)28(16-45)43-31(49)26(12-19-14-37-23-4-2-1-3-22(19)23)41-32(50)27(13-20-15-36-17-38-20)42-30(48)24-9-10-29(47)39-24/h1-8,14-15,17,24-28,37,45-46H,9-13,16,35H2,(H,36,38)(H,39,47)(H,40,51)(H,41,50)(H,42,48)(H,43,49)(H,44,52)/t24-,25-,26-,27-,28-/m0/s1. The molecule has 12 N–H and O–H groups in total. The summed E-state index contributed by atoms with van der Waals surface area (Å²) in [6, 6.07) is 7.04. The average molecular weight is 717 g/mol. The van der Waals surface area contributed by atoms with Crippen LogP contribution in [0.2, 0.25) is 0 Å². The van der Waals surface area contributed by atoms with Gasteiger partial charge in [-0.1, -0.05) is 30.3 Å². The number of aromatic nitrogens is 3. The van der Waals surface area contributed by atoms with Crippen molar-refractivity contribution in [2.75, 3.05) is 6.61 Å². The minimum atomic E-state index is -1.56. The number of rotatable bonds is 16. The number of phenols is 1. The number of aliphatic hydroxyl groups excluding tert-OH is 1. The second-order valence-corrected chi connectivity index (χ2v) is 12.3. The van der Waals surface area contributed by atoms with E-state index in [1.165, 1.54) is 18.5 Å². The number of hydrazine groups is 1. The Labute approximate surface area is 296 Å². The summed E-state index contributed by atoms with van der Waals surface area (Å²) in [4.78, 5) is 88.6. The highest BCUT2D eigenvalue weighted by Gasteiger charge is 2.34. The van der Waals surface area contributed by atoms with Crippen LogP contribution in [0.15, 0.2) is 67.3 Å². The quantitative estimate of drug-likeness (QED) is 0.0339. The van der Waals surface area contributed by atoms with Gasteiger partial charge in [0.05, 0.1) is 18.6 Å². The third-order valence-corrected chi connectivity index (χ3v) is 8.61. The molecule has 2 aromatic heterocycles. The molecule has 1 saturated heterocycles. The van der Waals surface area contributed by atoms with Crippen molar-refractivity contribution >= 4 is 46.3 Å². The zero-order valence-electron chi connectivity index (χ0n) is 27.8. The maximum Gasteiger partial charge on any atom is 0.256 e. The summed E-state index contributed by atoms with van der Waals surface area (Å²) in [7, 11) is 0. The predicted octanol–water partition coefficient (Wildman–Crippen LogP) is -2.18. The first kappa shape index (κ1) is 37.0. The number of hydrogen-bond donors (Lipinski definition) is 11. The van der Waals surface area contributed by atoms with Gasteiger partial charge in [0, 0.05) is 49.0 Å². The van der Waals surface area contributed by atoms with Crippen molar-refractivity contribution in [1.82, 2.24) is 47.0 Å². The number of nitrogens with zero attached hydrogens (tertiary/aromatic N) is 1. The van der Waals surface area contributed by atoms with Crippen molar-refractivity contribution in [3.63, 3.8) is 0 Å². The average Bonchev–Trinajstić information content (AvgIpc) is 3.92. The Bertz CT molecular complexity index is 1900. The van der Waals surface area contributed by atoms with Gasteiger partial charge in [0.25, 0.3) is 5.91 Å². The highest BCUT2D eigenvalue weighted by atomic mass is 16.3. The summed E-state index contributed by atoms with van der Waals surface area (Å²) in [6.07, 6.45) is 4.88. The number of H-pyrrole nitrogens is 2. The van der Waals surface area contributed by atoms with Crippen LogP contribution in [0.5, 0.6) is 5.75 Å². The molecule has 52 heavy (non-hydrogen) atoms. The van der Waals surface area contributed by atoms with Gasteiger partial charge in [0.1, 0.15) is 36.0 Å². The van der Waals surface area contributed by atoms with Crippen molar-refractivity contribution in [3.05, 3.63) is 84.1 Å². The van der Waals surface area contributed by atoms with Crippen LogP contribution >= 0.6 is 0 Å². The summed E-state index contributed by atoms with van der Waals surface area (Å²) in [5, 5.41) is 33.4. The van der Waals surface area contributed by atoms with Crippen molar-refractivity contribution in [2.45, 2.75) is 62.3 Å². The topological polar surface area (TPSA) is 286 Å². The first-order valence-corrected chi connectivity index (χ1v) is 16.5. The fourth-order valence-electron chi connectivity index (χ4n) is 5.82. The van der Waals surface area contributed by atoms with Crippen molar-refractivity contribution < 1.29 is 39.0 Å². The Morgan fingerprint density at radius 1 is 0.827 bits per heavy atom. The van der Waals surface area contributed by atoms with Gasteiger partial charge in [-0.3, -0.25) is 34.2 Å². The number of aliphatic hydroxyl groups is 1. The van der Waals surface area contributed by atoms with Gasteiger partial charge < -0.3 is 46.8 Å². The number of aromatic hydroxyl groups is 1. The molecule has 3 heterocycles. The molecule has 18 heteroatoms. The van der Waals surface area contributed by atoms with Gasteiger partial charge in [-0.05, 0) is 35.7 Å². The number of amides is 6. The van der Waals surface area contributed by atoms with Crippen LogP contribution < -0.4 is 37.9 Å². The zero-order chi connectivity index (χ0) is 37.2. The Morgan fingerprint density at radius 2 is 1.48 bits per heavy atom. The summed E-state index contributed by atoms with van der Waals surface area (Å²) in [5.74, 6) is 1.20. The number of fused-ring (bicyclic) bond motifs is 1. The summed E-state index contributed by atoms with van der Waals surface area (Å²) >= 11 is 0. The van der Waals surface area contributed by atoms with E-state index in [4.69, 9.17) is 5.84 Å². The molecule has 0 aliphatic carbocycles. The SMILES string of the molecule is NNC(=O)[C@H](Cc1ccc(O)cc1)NC(=O)[C@H](CO)NC(=O)[C@H](Cc1c[nH]c2ccccc12)NC(=O)[C@H](Cc1c[nH]cn1)NC(=O)[C@@H]1CCC(=O)N1. The molecule has 1 aliphatic rings. The van der Waals surface area contributed by atoms with Crippen LogP contribution in [0, 0.1) is 0 Å². The van der Waals surface area contributed by atoms with Crippen LogP contribution in [-0.2, 0) is 48.0 Å². The number of para-hydroxylation sites is 1. The number of aromatic amines is 2. The van der Waals surface area contributed by atoms with E-state index in [2.05, 4.69) is 41.5 Å². The van der Waals surface area contributed by atoms with E-state index in [0.29, 0.717) is 16.8 Å². The number of carbonyl (C=O) groups is 6. The van der Waals surface area contributed by atoms with Gasteiger partial charge in [0.2, 0.25) is 29.5 Å². The number of benzene rings is 2. The Balaban J connectivity index is 1.35. The first-order chi connectivity index (χ1) is 25.0. The maximum atomic E-state index is 13.9. The number of phenolic OH excluding ortho intramolecular Hbond substituents is 1. The number of imidazole rings is 1. The number of carbonyl (C=O) groups excluding carboxylic acids is 6. The molecule has 4 aromatic rings. The maximum absolute atomic E-state index is 13.9. The van der Waals surface area contributed by atoms with Crippen LogP contribution in [0.3, 0.4) is 0 Å². The van der Waals surface area contributed by atoms with Crippen LogP contribution in [-0.4, -0.2) is 97.4 Å². The van der Waals surface area contributed by atoms with E-state index in [1.807, 2.05) is 29.7 Å². The molecule has 5 atom stereocenters. The van der Waals surface area contributed by atoms with Crippen molar-refractivity contribution in [2.24, 2.45) is 5.84 Å². The molecular formula is C34H40N10O8. The Kier molecular flexibility index (Phi) is 12.2. The lowest BCUT2D eigenvalue weighted by atomic mass is 10.0. The number of nitrogens with two attached hydrogens (primary N) is 1. The van der Waals surface area contributed by atoms with E-state index in [-0.39, 0.29) is 43.8 Å². The largest absolute Gasteiger partial charge is 0.508 e.